The predicted octanol–water partition coefficient (Wildman–Crippen LogP) is 3.47. The van der Waals surface area contributed by atoms with Gasteiger partial charge in [0.05, 0.1) is 17.2 Å². The zero-order valence-corrected chi connectivity index (χ0v) is 15.7. The Hall–Kier alpha value is -2.28. The summed E-state index contributed by atoms with van der Waals surface area (Å²) in [6, 6.07) is 6.95. The molecule has 1 saturated carbocycles. The van der Waals surface area contributed by atoms with Crippen LogP contribution in [0.15, 0.2) is 42.9 Å². The predicted molar refractivity (Wildman–Crippen MR) is 102 cm³/mol. The highest BCUT2D eigenvalue weighted by molar-refractivity contribution is 6.42. The molecule has 0 atom stereocenters. The minimum atomic E-state index is -0.256. The number of hydrogen-bond acceptors (Lipinski definition) is 4. The van der Waals surface area contributed by atoms with Crippen molar-refractivity contribution in [3.63, 3.8) is 0 Å². The molecule has 0 radical (unpaired) electrons. The normalized spacial score (nSPS) is 18.9. The minimum Gasteiger partial charge on any atom is -0.489 e. The van der Waals surface area contributed by atoms with E-state index in [-0.39, 0.29) is 24.7 Å². The first-order valence-corrected chi connectivity index (χ1v) is 9.29. The summed E-state index contributed by atoms with van der Waals surface area (Å²) >= 11 is 12.1. The fourth-order valence-corrected chi connectivity index (χ4v) is 3.55. The number of nitrogens with zero attached hydrogens (tertiary/aromatic N) is 2. The van der Waals surface area contributed by atoms with Gasteiger partial charge in [-0.3, -0.25) is 4.79 Å². The van der Waals surface area contributed by atoms with Gasteiger partial charge < -0.3 is 19.6 Å². The van der Waals surface area contributed by atoms with Gasteiger partial charge in [-0.2, -0.15) is 0 Å². The largest absolute Gasteiger partial charge is 0.489 e. The number of carbonyl (C=O) groups excluding carboxylic acids is 1. The van der Waals surface area contributed by atoms with Crippen LogP contribution in [0.4, 0.5) is 0 Å². The summed E-state index contributed by atoms with van der Waals surface area (Å²) in [7, 11) is 0. The fraction of sp³-hybridized carbons (Fsp3) is 0.263. The molecule has 1 aromatic carbocycles. The molecule has 6 nitrogen and oxygen atoms in total. The zero-order chi connectivity index (χ0) is 19.0. The van der Waals surface area contributed by atoms with Crippen molar-refractivity contribution in [2.45, 2.75) is 31.6 Å². The smallest absolute Gasteiger partial charge is 0.252 e. The Bertz CT molecular complexity index is 999. The number of halogens is 2. The van der Waals surface area contributed by atoms with Gasteiger partial charge in [-0.05, 0) is 18.2 Å². The first-order valence-electron chi connectivity index (χ1n) is 8.53. The zero-order valence-electron chi connectivity index (χ0n) is 14.2. The number of aliphatic hydroxyl groups excluding tert-OH is 1. The van der Waals surface area contributed by atoms with E-state index >= 15 is 0 Å². The minimum absolute atomic E-state index is 0.00275. The number of ether oxygens (including phenoxy) is 1. The van der Waals surface area contributed by atoms with E-state index in [2.05, 4.69) is 10.3 Å². The van der Waals surface area contributed by atoms with Gasteiger partial charge in [0, 0.05) is 43.0 Å². The highest BCUT2D eigenvalue weighted by Crippen LogP contribution is 2.35. The Morgan fingerprint density at radius 3 is 2.89 bits per heavy atom. The average molecular weight is 406 g/mol. The first kappa shape index (κ1) is 18.1. The number of carbonyl (C=O) groups is 1. The number of amides is 1. The number of aromatic nitrogens is 2. The van der Waals surface area contributed by atoms with Gasteiger partial charge in [0.1, 0.15) is 22.5 Å². The molecule has 2 aromatic heterocycles. The molecule has 0 aliphatic heterocycles. The van der Waals surface area contributed by atoms with Gasteiger partial charge in [0.25, 0.3) is 5.91 Å². The first-order chi connectivity index (χ1) is 13.1. The van der Waals surface area contributed by atoms with Crippen molar-refractivity contribution in [2.75, 3.05) is 0 Å². The lowest BCUT2D eigenvalue weighted by Crippen LogP contribution is -2.49. The fourth-order valence-electron chi connectivity index (χ4n) is 3.21. The maximum atomic E-state index is 12.6. The highest BCUT2D eigenvalue weighted by Gasteiger charge is 2.33. The van der Waals surface area contributed by atoms with Crippen molar-refractivity contribution >= 4 is 34.8 Å². The molecule has 1 fully saturated rings. The molecule has 4 rings (SSSR count). The van der Waals surface area contributed by atoms with Crippen LogP contribution in [0, 0.1) is 0 Å². The number of rotatable bonds is 5. The molecule has 27 heavy (non-hydrogen) atoms. The van der Waals surface area contributed by atoms with Crippen LogP contribution in [-0.4, -0.2) is 32.5 Å². The van der Waals surface area contributed by atoms with E-state index in [1.54, 1.807) is 47.3 Å². The summed E-state index contributed by atoms with van der Waals surface area (Å²) in [4.78, 5) is 16.8. The number of nitrogens with one attached hydrogen (secondary N) is 1. The lowest BCUT2D eigenvalue weighted by Gasteiger charge is -2.36. The van der Waals surface area contributed by atoms with Crippen LogP contribution in [0.3, 0.4) is 0 Å². The Balaban J connectivity index is 1.39. The number of fused-ring (bicyclic) bond motifs is 1. The van der Waals surface area contributed by atoms with Crippen molar-refractivity contribution in [3.05, 3.63) is 64.0 Å². The van der Waals surface area contributed by atoms with E-state index in [1.807, 2.05) is 0 Å². The quantitative estimate of drug-likeness (QED) is 0.681. The van der Waals surface area contributed by atoms with Crippen LogP contribution in [-0.2, 0) is 6.61 Å². The lowest BCUT2D eigenvalue weighted by atomic mass is 9.89. The summed E-state index contributed by atoms with van der Waals surface area (Å²) in [5, 5.41) is 13.5. The van der Waals surface area contributed by atoms with E-state index in [0.29, 0.717) is 45.4 Å². The van der Waals surface area contributed by atoms with Gasteiger partial charge in [-0.1, -0.05) is 29.3 Å². The molecule has 2 N–H and O–H groups in total. The SMILES string of the molecule is O=C(N[C@H]1C[C@H](Oc2cccc(Cl)c2Cl)C1)c1ccn2ccnc2c1CO. The Labute approximate surface area is 165 Å². The monoisotopic (exact) mass is 405 g/mol. The van der Waals surface area contributed by atoms with Gasteiger partial charge in [0.2, 0.25) is 0 Å². The van der Waals surface area contributed by atoms with E-state index in [4.69, 9.17) is 27.9 Å². The van der Waals surface area contributed by atoms with E-state index < -0.39 is 0 Å². The molecule has 8 heteroatoms. The number of hydrogen-bond donors (Lipinski definition) is 2. The summed E-state index contributed by atoms with van der Waals surface area (Å²) < 4.78 is 7.62. The van der Waals surface area contributed by atoms with E-state index in [9.17, 15) is 9.90 Å². The molecule has 0 saturated heterocycles. The summed E-state index contributed by atoms with van der Waals surface area (Å²) in [6.07, 6.45) is 6.47. The Morgan fingerprint density at radius 2 is 2.11 bits per heavy atom. The maximum Gasteiger partial charge on any atom is 0.252 e. The molecule has 0 bridgehead atoms. The van der Waals surface area contributed by atoms with Crippen molar-refractivity contribution in [1.29, 1.82) is 0 Å². The third-order valence-electron chi connectivity index (χ3n) is 4.71. The van der Waals surface area contributed by atoms with E-state index in [1.165, 1.54) is 0 Å². The van der Waals surface area contributed by atoms with Gasteiger partial charge >= 0.3 is 0 Å². The summed E-state index contributed by atoms with van der Waals surface area (Å²) in [5.41, 5.74) is 1.52. The maximum absolute atomic E-state index is 12.6. The van der Waals surface area contributed by atoms with Crippen molar-refractivity contribution in [3.8, 4) is 5.75 Å². The number of benzene rings is 1. The topological polar surface area (TPSA) is 75.9 Å². The van der Waals surface area contributed by atoms with E-state index in [0.717, 1.165) is 0 Å². The second kappa shape index (κ2) is 7.38. The van der Waals surface area contributed by atoms with Gasteiger partial charge in [0.15, 0.2) is 0 Å². The molecular weight excluding hydrogens is 389 g/mol. The summed E-state index contributed by atoms with van der Waals surface area (Å²) in [6.45, 7) is -0.256. The van der Waals surface area contributed by atoms with Crippen LogP contribution >= 0.6 is 23.2 Å². The Kier molecular flexibility index (Phi) is 4.95. The average Bonchev–Trinajstić information content (AvgIpc) is 3.11. The van der Waals surface area contributed by atoms with Crippen LogP contribution < -0.4 is 10.1 Å². The third-order valence-corrected chi connectivity index (χ3v) is 5.51. The Morgan fingerprint density at radius 1 is 1.30 bits per heavy atom. The molecular formula is C19H17Cl2N3O3. The molecule has 2 heterocycles. The molecule has 1 aliphatic rings. The second-order valence-electron chi connectivity index (χ2n) is 6.46. The van der Waals surface area contributed by atoms with Crippen molar-refractivity contribution < 1.29 is 14.6 Å². The molecule has 0 spiro atoms. The molecule has 140 valence electrons. The highest BCUT2D eigenvalue weighted by atomic mass is 35.5. The number of imidazole rings is 1. The van der Waals surface area contributed by atoms with Gasteiger partial charge in [-0.15, -0.1) is 0 Å². The molecule has 1 aliphatic carbocycles. The number of aliphatic hydroxyl groups is 1. The van der Waals surface area contributed by atoms with Crippen LogP contribution in [0.25, 0.3) is 5.65 Å². The standard InChI is InChI=1S/C19H17Cl2N3O3/c20-15-2-1-3-16(17(15)21)27-12-8-11(9-12)23-19(26)13-4-6-24-7-5-22-18(24)14(13)10-25/h1-7,11-12,25H,8-10H2,(H,23,26)/t11-,12-. The van der Waals surface area contributed by atoms with Crippen LogP contribution in [0.2, 0.25) is 10.0 Å². The van der Waals surface area contributed by atoms with Crippen molar-refractivity contribution in [1.82, 2.24) is 14.7 Å². The lowest BCUT2D eigenvalue weighted by molar-refractivity contribution is 0.0699. The molecule has 0 unspecified atom stereocenters. The summed E-state index contributed by atoms with van der Waals surface area (Å²) in [5.74, 6) is 0.319. The molecule has 1 amide bonds. The van der Waals surface area contributed by atoms with Gasteiger partial charge in [-0.25, -0.2) is 4.98 Å². The second-order valence-corrected chi connectivity index (χ2v) is 7.24. The third kappa shape index (κ3) is 3.48. The van der Waals surface area contributed by atoms with Crippen LogP contribution in [0.5, 0.6) is 5.75 Å². The molecule has 3 aromatic rings. The number of pyridine rings is 1. The van der Waals surface area contributed by atoms with Crippen LogP contribution in [0.1, 0.15) is 28.8 Å². The van der Waals surface area contributed by atoms with Crippen molar-refractivity contribution in [2.24, 2.45) is 0 Å².